The summed E-state index contributed by atoms with van der Waals surface area (Å²) in [6.07, 6.45) is 1.68. The Balaban J connectivity index is 2.70. The first kappa shape index (κ1) is 12.1. The van der Waals surface area contributed by atoms with Crippen LogP contribution < -0.4 is 0 Å². The Kier molecular flexibility index (Phi) is 4.04. The van der Waals surface area contributed by atoms with Crippen LogP contribution in [0.4, 0.5) is 0 Å². The van der Waals surface area contributed by atoms with Gasteiger partial charge in [-0.25, -0.2) is 0 Å². The van der Waals surface area contributed by atoms with Crippen LogP contribution in [0.15, 0.2) is 20.3 Å². The first-order valence-corrected chi connectivity index (χ1v) is 7.03. The Labute approximate surface area is 99.2 Å². The van der Waals surface area contributed by atoms with Crippen LogP contribution >= 0.6 is 27.3 Å². The summed E-state index contributed by atoms with van der Waals surface area (Å²) in [5, 5.41) is 1.98. The van der Waals surface area contributed by atoms with Crippen molar-refractivity contribution in [2.24, 2.45) is 4.40 Å². The largest absolute Gasteiger partial charge is 0.194 e. The smallest absolute Gasteiger partial charge is 0.141 e. The van der Waals surface area contributed by atoms with Crippen LogP contribution in [-0.2, 0) is 15.2 Å². The van der Waals surface area contributed by atoms with Gasteiger partial charge in [-0.3, -0.25) is 0 Å². The molecule has 1 aromatic rings. The van der Waals surface area contributed by atoms with Crippen molar-refractivity contribution >= 4 is 44.5 Å². The minimum atomic E-state index is -1.53. The van der Waals surface area contributed by atoms with Gasteiger partial charge in [-0.2, -0.15) is 0 Å². The lowest BCUT2D eigenvalue weighted by Gasteiger charge is -2.05. The maximum Gasteiger partial charge on any atom is 0.194 e. The highest BCUT2D eigenvalue weighted by Crippen LogP contribution is 2.19. The molecule has 1 unspecified atom stereocenters. The van der Waals surface area contributed by atoms with Crippen molar-refractivity contribution in [1.29, 1.82) is 0 Å². The van der Waals surface area contributed by atoms with E-state index in [4.69, 9.17) is 0 Å². The van der Waals surface area contributed by atoms with E-state index < -0.39 is 11.0 Å². The van der Waals surface area contributed by atoms with Gasteiger partial charge in [0.25, 0.3) is 0 Å². The van der Waals surface area contributed by atoms with Crippen molar-refractivity contribution in [1.82, 2.24) is 0 Å². The van der Waals surface area contributed by atoms with Crippen LogP contribution in [-0.4, -0.2) is 11.0 Å². The molecule has 0 spiro atoms. The SMILES string of the molecule is CC(C)(C)[SH+](=O)/N=C/c1cc(Br)cs1. The number of hydrogen-bond donors (Lipinski definition) is 0. The van der Waals surface area contributed by atoms with E-state index in [1.54, 1.807) is 17.6 Å². The molecule has 14 heavy (non-hydrogen) atoms. The molecule has 78 valence electrons. The van der Waals surface area contributed by atoms with E-state index in [9.17, 15) is 4.21 Å². The minimum absolute atomic E-state index is 0.250. The van der Waals surface area contributed by atoms with Crippen molar-refractivity contribution < 1.29 is 4.21 Å². The zero-order valence-corrected chi connectivity index (χ0v) is 11.6. The van der Waals surface area contributed by atoms with Gasteiger partial charge in [0.15, 0.2) is 11.0 Å². The molecule has 0 radical (unpaired) electrons. The van der Waals surface area contributed by atoms with E-state index in [2.05, 4.69) is 20.3 Å². The summed E-state index contributed by atoms with van der Waals surface area (Å²) in [6, 6.07) is 1.96. The maximum atomic E-state index is 11.6. The van der Waals surface area contributed by atoms with Gasteiger partial charge in [0.1, 0.15) is 4.75 Å². The Morgan fingerprint density at radius 1 is 1.57 bits per heavy atom. The van der Waals surface area contributed by atoms with E-state index in [-0.39, 0.29) is 4.75 Å². The van der Waals surface area contributed by atoms with Gasteiger partial charge in [0.05, 0.1) is 11.1 Å². The summed E-state index contributed by atoms with van der Waals surface area (Å²) < 4.78 is 16.4. The highest BCUT2D eigenvalue weighted by molar-refractivity contribution is 9.10. The van der Waals surface area contributed by atoms with E-state index >= 15 is 0 Å². The normalized spacial score (nSPS) is 14.9. The second-order valence-electron chi connectivity index (χ2n) is 3.86. The predicted octanol–water partition coefficient (Wildman–Crippen LogP) is 3.34. The molecule has 1 rings (SSSR count). The quantitative estimate of drug-likeness (QED) is 0.467. The third-order valence-electron chi connectivity index (χ3n) is 1.45. The molecule has 5 heteroatoms. The zero-order chi connectivity index (χ0) is 10.8. The summed E-state index contributed by atoms with van der Waals surface area (Å²) >= 11 is 4.93. The van der Waals surface area contributed by atoms with Crippen LogP contribution in [0.2, 0.25) is 0 Å². The first-order valence-electron chi connectivity index (χ1n) is 4.15. The first-order chi connectivity index (χ1) is 6.39. The lowest BCUT2D eigenvalue weighted by atomic mass is 10.3. The summed E-state index contributed by atoms with van der Waals surface area (Å²) in [5.41, 5.74) is 0. The fourth-order valence-corrected chi connectivity index (χ4v) is 2.64. The molecule has 1 atom stereocenters. The Morgan fingerprint density at radius 3 is 2.64 bits per heavy atom. The molecule has 2 nitrogen and oxygen atoms in total. The van der Waals surface area contributed by atoms with Crippen molar-refractivity contribution in [3.05, 3.63) is 20.8 Å². The molecule has 0 N–H and O–H groups in total. The van der Waals surface area contributed by atoms with Crippen LogP contribution in [0.5, 0.6) is 0 Å². The molecule has 0 aliphatic carbocycles. The zero-order valence-electron chi connectivity index (χ0n) is 8.32. The van der Waals surface area contributed by atoms with E-state index in [1.165, 1.54) is 0 Å². The molecular formula is C9H13BrNOS2+. The summed E-state index contributed by atoms with van der Waals surface area (Å²) in [4.78, 5) is 1.02. The fraction of sp³-hybridized carbons (Fsp3) is 0.444. The second-order valence-corrected chi connectivity index (χ2v) is 7.83. The van der Waals surface area contributed by atoms with Crippen LogP contribution in [0.1, 0.15) is 25.6 Å². The number of thiol groups is 1. The molecular weight excluding hydrogens is 282 g/mol. The van der Waals surface area contributed by atoms with Crippen LogP contribution in [0.25, 0.3) is 0 Å². The summed E-state index contributed by atoms with van der Waals surface area (Å²) in [6.45, 7) is 5.77. The van der Waals surface area contributed by atoms with Gasteiger partial charge >= 0.3 is 0 Å². The second kappa shape index (κ2) is 4.68. The average molecular weight is 295 g/mol. The fourth-order valence-electron chi connectivity index (χ4n) is 0.679. The van der Waals surface area contributed by atoms with Gasteiger partial charge in [-0.1, -0.05) is 8.61 Å². The third kappa shape index (κ3) is 3.63. The van der Waals surface area contributed by atoms with Crippen LogP contribution in [0, 0.1) is 0 Å². The molecule has 0 saturated carbocycles. The van der Waals surface area contributed by atoms with Crippen molar-refractivity contribution in [2.45, 2.75) is 25.5 Å². The molecule has 0 saturated heterocycles. The standard InChI is InChI=1S/C9H12BrNOS2/c1-9(2,3)14(12)11-5-8-4-7(10)6-13-8/h4-6H,1-3H3/p+1/b11-5+. The molecule has 0 fully saturated rings. The Morgan fingerprint density at radius 2 is 2.21 bits per heavy atom. The minimum Gasteiger partial charge on any atom is -0.141 e. The third-order valence-corrected chi connectivity index (χ3v) is 4.55. The van der Waals surface area contributed by atoms with Crippen molar-refractivity contribution in [2.75, 3.05) is 0 Å². The highest BCUT2D eigenvalue weighted by atomic mass is 79.9. The lowest BCUT2D eigenvalue weighted by Crippen LogP contribution is -2.19. The molecule has 0 aliphatic rings. The van der Waals surface area contributed by atoms with E-state index in [0.29, 0.717) is 0 Å². The topological polar surface area (TPSA) is 29.4 Å². The summed E-state index contributed by atoms with van der Waals surface area (Å²) in [5.74, 6) is 0. The van der Waals surface area contributed by atoms with Gasteiger partial charge in [0, 0.05) is 9.85 Å². The maximum absolute atomic E-state index is 11.6. The van der Waals surface area contributed by atoms with Crippen molar-refractivity contribution in [3.8, 4) is 0 Å². The highest BCUT2D eigenvalue weighted by Gasteiger charge is 2.24. The molecule has 1 aromatic heterocycles. The van der Waals surface area contributed by atoms with E-state index in [1.807, 2.05) is 32.2 Å². The lowest BCUT2D eigenvalue weighted by molar-refractivity contribution is 0.576. The van der Waals surface area contributed by atoms with Gasteiger partial charge < -0.3 is 0 Å². The van der Waals surface area contributed by atoms with E-state index in [0.717, 1.165) is 9.35 Å². The molecule has 0 amide bonds. The molecule has 0 aliphatic heterocycles. The van der Waals surface area contributed by atoms with Gasteiger partial charge in [-0.05, 0) is 42.8 Å². The number of thiophene rings is 1. The number of hydrogen-bond acceptors (Lipinski definition) is 2. The number of rotatable bonds is 2. The molecule has 0 bridgehead atoms. The number of nitrogens with zero attached hydrogens (tertiary/aromatic N) is 1. The average Bonchev–Trinajstić information content (AvgIpc) is 2.45. The Hall–Kier alpha value is -0.0000000000000000833. The Bertz CT molecular complexity index is 365. The number of halogens is 1. The predicted molar refractivity (Wildman–Crippen MR) is 68.8 cm³/mol. The molecule has 0 aromatic carbocycles. The summed E-state index contributed by atoms with van der Waals surface area (Å²) in [7, 11) is -1.53. The molecule has 1 heterocycles. The van der Waals surface area contributed by atoms with Gasteiger partial charge in [0.2, 0.25) is 0 Å². The van der Waals surface area contributed by atoms with Gasteiger partial charge in [-0.15, -0.1) is 11.3 Å². The monoisotopic (exact) mass is 294 g/mol. The van der Waals surface area contributed by atoms with Crippen LogP contribution in [0.3, 0.4) is 0 Å². The van der Waals surface area contributed by atoms with Crippen molar-refractivity contribution in [3.63, 3.8) is 0 Å².